The van der Waals surface area contributed by atoms with Gasteiger partial charge in [-0.05, 0) is 30.9 Å². The molecule has 1 aliphatic carbocycles. The summed E-state index contributed by atoms with van der Waals surface area (Å²) >= 11 is 0. The van der Waals surface area contributed by atoms with Gasteiger partial charge in [0.1, 0.15) is 11.9 Å². The maximum absolute atomic E-state index is 9.78. The molecule has 14 heavy (non-hydrogen) atoms. The number of furan rings is 1. The predicted octanol–water partition coefficient (Wildman–Crippen LogP) is 3.28. The fourth-order valence-corrected chi connectivity index (χ4v) is 2.32. The van der Waals surface area contributed by atoms with Gasteiger partial charge in [-0.2, -0.15) is 0 Å². The Morgan fingerprint density at radius 2 is 2.21 bits per heavy atom. The van der Waals surface area contributed by atoms with E-state index in [4.69, 9.17) is 4.42 Å². The van der Waals surface area contributed by atoms with Crippen molar-refractivity contribution in [2.45, 2.75) is 44.6 Å². The van der Waals surface area contributed by atoms with Gasteiger partial charge in [0.05, 0.1) is 6.26 Å². The number of hydrogen-bond donors (Lipinski definition) is 1. The summed E-state index contributed by atoms with van der Waals surface area (Å²) in [5.41, 5.74) is 0. The van der Waals surface area contributed by atoms with Gasteiger partial charge in [0, 0.05) is 0 Å². The second-order valence-electron chi connectivity index (χ2n) is 4.26. The highest BCUT2D eigenvalue weighted by Gasteiger charge is 2.17. The Balaban J connectivity index is 1.74. The largest absolute Gasteiger partial charge is 0.467 e. The van der Waals surface area contributed by atoms with Crippen molar-refractivity contribution in [3.63, 3.8) is 0 Å². The van der Waals surface area contributed by atoms with E-state index in [-0.39, 0.29) is 0 Å². The molecule has 1 atom stereocenters. The van der Waals surface area contributed by atoms with Crippen LogP contribution in [0.15, 0.2) is 22.8 Å². The van der Waals surface area contributed by atoms with Crippen LogP contribution in [-0.2, 0) is 0 Å². The minimum absolute atomic E-state index is 0.398. The lowest BCUT2D eigenvalue weighted by atomic mass is 9.99. The summed E-state index contributed by atoms with van der Waals surface area (Å²) in [6.07, 6.45) is 8.66. The normalized spacial score (nSPS) is 20.1. The fourth-order valence-electron chi connectivity index (χ4n) is 2.32. The molecule has 0 radical (unpaired) electrons. The van der Waals surface area contributed by atoms with Crippen molar-refractivity contribution < 1.29 is 9.52 Å². The van der Waals surface area contributed by atoms with Crippen LogP contribution in [0.3, 0.4) is 0 Å². The average Bonchev–Trinajstić information content (AvgIpc) is 2.87. The Bertz CT molecular complexity index is 247. The van der Waals surface area contributed by atoms with Crippen molar-refractivity contribution in [1.29, 1.82) is 0 Å². The van der Waals surface area contributed by atoms with Crippen LogP contribution >= 0.6 is 0 Å². The molecule has 0 saturated heterocycles. The second kappa shape index (κ2) is 4.65. The zero-order valence-electron chi connectivity index (χ0n) is 8.48. The molecule has 78 valence electrons. The van der Waals surface area contributed by atoms with E-state index in [0.29, 0.717) is 5.76 Å². The highest BCUT2D eigenvalue weighted by atomic mass is 16.4. The number of hydrogen-bond acceptors (Lipinski definition) is 2. The Kier molecular flexibility index (Phi) is 3.25. The maximum Gasteiger partial charge on any atom is 0.132 e. The average molecular weight is 194 g/mol. The van der Waals surface area contributed by atoms with Gasteiger partial charge < -0.3 is 9.52 Å². The minimum Gasteiger partial charge on any atom is -0.467 e. The molecule has 1 unspecified atom stereocenters. The molecule has 0 bridgehead atoms. The molecular weight excluding hydrogens is 176 g/mol. The summed E-state index contributed by atoms with van der Waals surface area (Å²) in [7, 11) is 0. The third-order valence-corrected chi connectivity index (χ3v) is 3.19. The predicted molar refractivity (Wildman–Crippen MR) is 54.9 cm³/mol. The molecule has 1 aromatic heterocycles. The van der Waals surface area contributed by atoms with Crippen molar-refractivity contribution >= 4 is 0 Å². The number of rotatable bonds is 4. The molecule has 2 heteroatoms. The molecule has 2 rings (SSSR count). The van der Waals surface area contributed by atoms with Crippen LogP contribution in [0.2, 0.25) is 0 Å². The van der Waals surface area contributed by atoms with Crippen LogP contribution in [0.5, 0.6) is 0 Å². The zero-order chi connectivity index (χ0) is 9.80. The Morgan fingerprint density at radius 1 is 1.43 bits per heavy atom. The first kappa shape index (κ1) is 9.78. The minimum atomic E-state index is -0.398. The number of aliphatic hydroxyl groups is 1. The fraction of sp³-hybridized carbons (Fsp3) is 0.667. The maximum atomic E-state index is 9.78. The van der Waals surface area contributed by atoms with E-state index in [9.17, 15) is 5.11 Å². The standard InChI is InChI=1S/C12H18O2/c13-11(12-6-3-9-14-12)8-7-10-4-1-2-5-10/h3,6,9-11,13H,1-2,4-5,7-8H2. The van der Waals surface area contributed by atoms with Gasteiger partial charge in [0.2, 0.25) is 0 Å². The Labute approximate surface area is 84.9 Å². The van der Waals surface area contributed by atoms with Gasteiger partial charge in [-0.15, -0.1) is 0 Å². The highest BCUT2D eigenvalue weighted by Crippen LogP contribution is 2.31. The van der Waals surface area contributed by atoms with Gasteiger partial charge in [-0.3, -0.25) is 0 Å². The molecule has 1 aliphatic rings. The van der Waals surface area contributed by atoms with Crippen molar-refractivity contribution in [3.05, 3.63) is 24.2 Å². The van der Waals surface area contributed by atoms with Crippen molar-refractivity contribution in [2.75, 3.05) is 0 Å². The van der Waals surface area contributed by atoms with Crippen LogP contribution in [-0.4, -0.2) is 5.11 Å². The molecule has 0 aromatic carbocycles. The van der Waals surface area contributed by atoms with Crippen LogP contribution in [0.4, 0.5) is 0 Å². The molecule has 2 nitrogen and oxygen atoms in total. The van der Waals surface area contributed by atoms with E-state index in [1.54, 1.807) is 6.26 Å². The summed E-state index contributed by atoms with van der Waals surface area (Å²) in [5.74, 6) is 1.56. The molecule has 1 heterocycles. The molecule has 1 fully saturated rings. The topological polar surface area (TPSA) is 33.4 Å². The van der Waals surface area contributed by atoms with Gasteiger partial charge in [0.15, 0.2) is 0 Å². The molecule has 1 saturated carbocycles. The Hall–Kier alpha value is -0.760. The third kappa shape index (κ3) is 2.38. The van der Waals surface area contributed by atoms with E-state index in [1.165, 1.54) is 25.7 Å². The van der Waals surface area contributed by atoms with Crippen LogP contribution in [0.25, 0.3) is 0 Å². The summed E-state index contributed by atoms with van der Waals surface area (Å²) in [6, 6.07) is 3.67. The first-order chi connectivity index (χ1) is 6.86. The molecule has 1 aromatic rings. The van der Waals surface area contributed by atoms with E-state index in [2.05, 4.69) is 0 Å². The van der Waals surface area contributed by atoms with Gasteiger partial charge >= 0.3 is 0 Å². The summed E-state index contributed by atoms with van der Waals surface area (Å²) in [5, 5.41) is 9.78. The first-order valence-electron chi connectivity index (χ1n) is 5.58. The van der Waals surface area contributed by atoms with Crippen molar-refractivity contribution in [2.24, 2.45) is 5.92 Å². The van der Waals surface area contributed by atoms with Crippen LogP contribution in [0.1, 0.15) is 50.4 Å². The van der Waals surface area contributed by atoms with Crippen molar-refractivity contribution in [1.82, 2.24) is 0 Å². The number of aliphatic hydroxyl groups excluding tert-OH is 1. The SMILES string of the molecule is OC(CCC1CCCC1)c1ccco1. The molecule has 0 spiro atoms. The lowest BCUT2D eigenvalue weighted by molar-refractivity contribution is 0.131. The third-order valence-electron chi connectivity index (χ3n) is 3.19. The monoisotopic (exact) mass is 194 g/mol. The zero-order valence-corrected chi connectivity index (χ0v) is 8.48. The van der Waals surface area contributed by atoms with Gasteiger partial charge in [0.25, 0.3) is 0 Å². The summed E-state index contributed by atoms with van der Waals surface area (Å²) in [6.45, 7) is 0. The smallest absolute Gasteiger partial charge is 0.132 e. The second-order valence-corrected chi connectivity index (χ2v) is 4.26. The molecule has 0 aliphatic heterocycles. The van der Waals surface area contributed by atoms with Gasteiger partial charge in [-0.1, -0.05) is 25.7 Å². The quantitative estimate of drug-likeness (QED) is 0.798. The molecular formula is C12H18O2. The molecule has 0 amide bonds. The lowest BCUT2D eigenvalue weighted by Crippen LogP contribution is -2.00. The first-order valence-corrected chi connectivity index (χ1v) is 5.58. The van der Waals surface area contributed by atoms with Gasteiger partial charge in [-0.25, -0.2) is 0 Å². The van der Waals surface area contributed by atoms with Crippen molar-refractivity contribution in [3.8, 4) is 0 Å². The summed E-state index contributed by atoms with van der Waals surface area (Å²) in [4.78, 5) is 0. The van der Waals surface area contributed by atoms with Crippen LogP contribution < -0.4 is 0 Å². The highest BCUT2D eigenvalue weighted by molar-refractivity contribution is 5.01. The van der Waals surface area contributed by atoms with E-state index >= 15 is 0 Å². The van der Waals surface area contributed by atoms with E-state index in [1.807, 2.05) is 12.1 Å². The van der Waals surface area contributed by atoms with E-state index in [0.717, 1.165) is 18.8 Å². The van der Waals surface area contributed by atoms with Crippen LogP contribution in [0, 0.1) is 5.92 Å². The lowest BCUT2D eigenvalue weighted by Gasteiger charge is -2.11. The molecule has 1 N–H and O–H groups in total. The summed E-state index contributed by atoms with van der Waals surface area (Å²) < 4.78 is 5.16. The van der Waals surface area contributed by atoms with E-state index < -0.39 is 6.10 Å². The Morgan fingerprint density at radius 3 is 2.86 bits per heavy atom.